The van der Waals surface area contributed by atoms with E-state index in [0.717, 1.165) is 84.6 Å². The molecule has 8 heterocycles. The molecule has 16 rings (SSSR count). The number of imide groups is 2. The molecule has 0 saturated carbocycles. The molecule has 0 saturated heterocycles. The first-order valence-corrected chi connectivity index (χ1v) is 26.9. The minimum atomic E-state index is -0.595. The summed E-state index contributed by atoms with van der Waals surface area (Å²) < 4.78 is 44.2. The largest absolute Gasteiger partial charge is 0.384 e. The molecule has 11 aromatic rings. The van der Waals surface area contributed by atoms with Crippen molar-refractivity contribution in [3.63, 3.8) is 0 Å². The van der Waals surface area contributed by atoms with Gasteiger partial charge in [0.15, 0.2) is 63.5 Å². The Balaban J connectivity index is 0.000000113. The summed E-state index contributed by atoms with van der Waals surface area (Å²) in [6.45, 7) is 0. The summed E-state index contributed by atoms with van der Waals surface area (Å²) in [7, 11) is 0. The van der Waals surface area contributed by atoms with Gasteiger partial charge in [-0.1, -0.05) is 60.7 Å². The normalized spacial score (nSPS) is 14.6. The van der Waals surface area contributed by atoms with Crippen molar-refractivity contribution < 1.29 is 32.3 Å². The van der Waals surface area contributed by atoms with Gasteiger partial charge in [-0.15, -0.1) is 0 Å². The van der Waals surface area contributed by atoms with E-state index in [1.165, 1.54) is 51.6 Å². The smallest absolute Gasteiger partial charge is 0.267 e. The van der Waals surface area contributed by atoms with Gasteiger partial charge in [-0.2, -0.15) is 15.3 Å². The number of halogens is 3. The number of nitrogens with one attached hydrogen (secondary N) is 6. The first-order valence-electron chi connectivity index (χ1n) is 26.9. The summed E-state index contributed by atoms with van der Waals surface area (Å²) in [4.78, 5) is 65.9. The second-order valence-electron chi connectivity index (χ2n) is 20.6. The minimum absolute atomic E-state index is 0.0414. The number of aromatic amines is 3. The lowest BCUT2D eigenvalue weighted by atomic mass is 10.1. The van der Waals surface area contributed by atoms with Crippen molar-refractivity contribution in [3.05, 3.63) is 194 Å². The Labute approximate surface area is 468 Å². The summed E-state index contributed by atoms with van der Waals surface area (Å²) in [6, 6.07) is 34.9. The highest BCUT2D eigenvalue weighted by atomic mass is 19.1. The van der Waals surface area contributed by atoms with Crippen LogP contribution < -0.4 is 31.5 Å². The van der Waals surface area contributed by atoms with Gasteiger partial charge in [-0.25, -0.2) is 37.9 Å². The van der Waals surface area contributed by atoms with Gasteiger partial charge in [0, 0.05) is 17.1 Å². The van der Waals surface area contributed by atoms with E-state index in [-0.39, 0.29) is 51.2 Å². The molecule has 0 atom stereocenters. The van der Waals surface area contributed by atoms with E-state index >= 15 is 8.78 Å². The highest BCUT2D eigenvalue weighted by Crippen LogP contribution is 2.38. The maximum absolute atomic E-state index is 15.0. The van der Waals surface area contributed by atoms with E-state index in [0.29, 0.717) is 39.1 Å². The third kappa shape index (κ3) is 8.69. The second-order valence-corrected chi connectivity index (χ2v) is 20.6. The van der Waals surface area contributed by atoms with E-state index in [1.54, 1.807) is 48.5 Å². The van der Waals surface area contributed by atoms with Crippen molar-refractivity contribution in [3.8, 4) is 0 Å². The number of nitrogen functional groups attached to an aromatic ring is 1. The van der Waals surface area contributed by atoms with E-state index < -0.39 is 41.1 Å². The zero-order valence-electron chi connectivity index (χ0n) is 43.8. The zero-order chi connectivity index (χ0) is 56.6. The van der Waals surface area contributed by atoms with Crippen LogP contribution in [0.3, 0.4) is 0 Å². The molecule has 0 fully saturated rings. The van der Waals surface area contributed by atoms with Crippen molar-refractivity contribution in [1.29, 1.82) is 0 Å². The Hall–Kier alpha value is -10.8. The maximum atomic E-state index is 15.0. The molecule has 3 aliphatic carbocycles. The number of hydrogen-bond donors (Lipinski definition) is 7. The molecule has 8 N–H and O–H groups in total. The van der Waals surface area contributed by atoms with Gasteiger partial charge in [0.2, 0.25) is 0 Å². The molecule has 5 aromatic carbocycles. The molecule has 83 heavy (non-hydrogen) atoms. The van der Waals surface area contributed by atoms with Crippen LogP contribution in [0.1, 0.15) is 94.1 Å². The van der Waals surface area contributed by atoms with Gasteiger partial charge in [-0.05, 0) is 152 Å². The number of carbonyl (C=O) groups is 4. The monoisotopic (exact) mass is 1110 g/mol. The van der Waals surface area contributed by atoms with E-state index in [2.05, 4.69) is 79.7 Å². The number of anilines is 9. The fourth-order valence-corrected chi connectivity index (χ4v) is 11.7. The van der Waals surface area contributed by atoms with Gasteiger partial charge < -0.3 is 21.7 Å². The van der Waals surface area contributed by atoms with E-state index in [9.17, 15) is 23.6 Å². The number of carbonyl (C=O) groups excluding carboxylic acids is 4. The average Bonchev–Trinajstić information content (AvgIpc) is 4.60. The van der Waals surface area contributed by atoms with Crippen LogP contribution >= 0.6 is 0 Å². The molecule has 4 amide bonds. The zero-order valence-corrected chi connectivity index (χ0v) is 43.8. The number of H-pyrrole nitrogens is 3. The maximum Gasteiger partial charge on any atom is 0.267 e. The highest BCUT2D eigenvalue weighted by molar-refractivity contribution is 6.36. The van der Waals surface area contributed by atoms with Gasteiger partial charge in [0.25, 0.3) is 23.6 Å². The second kappa shape index (κ2) is 20.1. The Morgan fingerprint density at radius 2 is 0.783 bits per heavy atom. The lowest BCUT2D eigenvalue weighted by Gasteiger charge is -2.12. The van der Waals surface area contributed by atoms with Crippen LogP contribution in [-0.2, 0) is 38.5 Å². The number of nitrogens with two attached hydrogens (primary N) is 1. The van der Waals surface area contributed by atoms with Crippen LogP contribution in [0.15, 0.2) is 121 Å². The summed E-state index contributed by atoms with van der Waals surface area (Å²) in [5.41, 5.74) is 17.9. The van der Waals surface area contributed by atoms with Crippen LogP contribution in [0.2, 0.25) is 0 Å². The molecule has 0 bridgehead atoms. The molecule has 6 aromatic heterocycles. The Morgan fingerprint density at radius 3 is 1.17 bits per heavy atom. The number of aryl methyl sites for hydroxylation is 3. The molecule has 2 aliphatic heterocycles. The molecular weight excluding hydrogens is 1060 g/mol. The van der Waals surface area contributed by atoms with Crippen molar-refractivity contribution in [1.82, 2.24) is 45.5 Å². The molecule has 0 radical (unpaired) electrons. The molecule has 410 valence electrons. The van der Waals surface area contributed by atoms with Gasteiger partial charge in [0.1, 0.15) is 5.82 Å². The third-order valence-electron chi connectivity index (χ3n) is 15.7. The first-order chi connectivity index (χ1) is 40.4. The van der Waals surface area contributed by atoms with Crippen LogP contribution in [0, 0.1) is 17.5 Å². The molecular formula is C61H46F3N15O4. The van der Waals surface area contributed by atoms with E-state index in [4.69, 9.17) is 5.73 Å². The highest BCUT2D eigenvalue weighted by Gasteiger charge is 2.40. The number of amides is 4. The predicted molar refractivity (Wildman–Crippen MR) is 306 cm³/mol. The summed E-state index contributed by atoms with van der Waals surface area (Å²) in [5, 5.41) is 30.5. The number of hydrogen-bond acceptors (Lipinski definition) is 14. The standard InChI is InChI=1S/2C23H16FN5O2.C15H14FN5/c2*24-17-11-16-19(26-20(17)25-18-10-4-6-12-5-3-9-13(12)18)27-28-21(16)29-22(30)14-7-1-2-8-15(14)23(29)31;16-11-7-10-13(17)20-21-14(10)19-15(11)18-12-6-2-4-8-3-1-5-9(8)12/h2*1-2,4,6-8,10-11H,3,5,9H2,(H2,25,26,27,28);2,4,6-7H,1,3,5H2,(H4,17,18,19,20,21). The lowest BCUT2D eigenvalue weighted by Crippen LogP contribution is -2.29. The number of aromatic nitrogens is 9. The van der Waals surface area contributed by atoms with E-state index in [1.807, 2.05) is 36.4 Å². The summed E-state index contributed by atoms with van der Waals surface area (Å²) in [5.74, 6) is -2.88. The van der Waals surface area contributed by atoms with Crippen LogP contribution in [-0.4, -0.2) is 69.2 Å². The quantitative estimate of drug-likeness (QED) is 0.0698. The fraction of sp³-hybridized carbons (Fsp3) is 0.148. The van der Waals surface area contributed by atoms with Gasteiger partial charge >= 0.3 is 0 Å². The number of rotatable bonds is 8. The molecule has 5 aliphatic rings. The molecule has 0 unspecified atom stereocenters. The molecule has 22 heteroatoms. The first kappa shape index (κ1) is 50.4. The number of pyridine rings is 3. The van der Waals surface area contributed by atoms with Gasteiger partial charge in [0.05, 0.1) is 38.4 Å². The number of benzene rings is 5. The lowest BCUT2D eigenvalue weighted by molar-refractivity contribution is 0.0909. The van der Waals surface area contributed by atoms with Crippen LogP contribution in [0.5, 0.6) is 0 Å². The Bertz CT molecular complexity index is 4270. The summed E-state index contributed by atoms with van der Waals surface area (Å²) in [6.07, 6.45) is 9.30. The van der Waals surface area contributed by atoms with Crippen molar-refractivity contribution >= 4 is 109 Å². The SMILES string of the molecule is Nc1[nH]nc2nc(Nc3cccc4c3CCC4)c(F)cc12.O=C1c2ccccc2C(=O)N1c1n[nH]c2nc(Nc3cccc4c3CCC4)c(F)cc12.O=C1c2ccccc2C(=O)N1c1n[nH]c2nc(Nc3cccc4c3CCC4)c(F)cc12. The van der Waals surface area contributed by atoms with Crippen molar-refractivity contribution in [2.24, 2.45) is 0 Å². The molecule has 0 spiro atoms. The Morgan fingerprint density at radius 1 is 0.422 bits per heavy atom. The van der Waals surface area contributed by atoms with Crippen molar-refractivity contribution in [2.75, 3.05) is 31.5 Å². The summed E-state index contributed by atoms with van der Waals surface area (Å²) >= 11 is 0. The number of nitrogens with zero attached hydrogens (tertiary/aromatic N) is 8. The van der Waals surface area contributed by atoms with Crippen LogP contribution in [0.25, 0.3) is 33.1 Å². The Kier molecular flexibility index (Phi) is 12.2. The van der Waals surface area contributed by atoms with Crippen molar-refractivity contribution in [2.45, 2.75) is 57.8 Å². The molecule has 19 nitrogen and oxygen atoms in total. The minimum Gasteiger partial charge on any atom is -0.384 e. The topological polar surface area (TPSA) is 262 Å². The average molecular weight is 1110 g/mol. The fourth-order valence-electron chi connectivity index (χ4n) is 11.7. The van der Waals surface area contributed by atoms with Crippen LogP contribution in [0.4, 0.5) is 65.1 Å². The predicted octanol–water partition coefficient (Wildman–Crippen LogP) is 11.2. The third-order valence-corrected chi connectivity index (χ3v) is 15.7. The van der Waals surface area contributed by atoms with Gasteiger partial charge in [-0.3, -0.25) is 34.5 Å². The number of fused-ring (bicyclic) bond motifs is 8.